The fourth-order valence-corrected chi connectivity index (χ4v) is 2.34. The van der Waals surface area contributed by atoms with Crippen molar-refractivity contribution in [2.24, 2.45) is 13.0 Å². The lowest BCUT2D eigenvalue weighted by molar-refractivity contribution is 0.134. The van der Waals surface area contributed by atoms with Crippen LogP contribution in [0.15, 0.2) is 11.0 Å². The highest BCUT2D eigenvalue weighted by molar-refractivity contribution is 5.72. The Bertz CT molecular complexity index is 646. The summed E-state index contributed by atoms with van der Waals surface area (Å²) in [5, 5.41) is 4.60. The van der Waals surface area contributed by atoms with Crippen LogP contribution in [-0.4, -0.2) is 51.5 Å². The van der Waals surface area contributed by atoms with Crippen molar-refractivity contribution in [1.82, 2.24) is 24.6 Å². The van der Waals surface area contributed by atoms with Gasteiger partial charge in [0.15, 0.2) is 5.65 Å². The molecule has 0 radical (unpaired) electrons. The topological polar surface area (TPSA) is 76.0 Å². The normalized spacial score (nSPS) is 11.9. The van der Waals surface area contributed by atoms with Gasteiger partial charge in [0.25, 0.3) is 5.56 Å². The second-order valence-corrected chi connectivity index (χ2v) is 5.64. The standard InChI is InChI=1S/C14H23N5O2/c1-10(2)8-19(5-6-21-4)9-12-16-13-11(14(20)17-12)7-15-18(13)3/h7,10H,5-6,8-9H2,1-4H3,(H,16,17,20). The first-order valence-electron chi connectivity index (χ1n) is 7.13. The average molecular weight is 293 g/mol. The maximum Gasteiger partial charge on any atom is 0.262 e. The van der Waals surface area contributed by atoms with Crippen LogP contribution in [0.4, 0.5) is 0 Å². The maximum absolute atomic E-state index is 12.0. The van der Waals surface area contributed by atoms with Gasteiger partial charge < -0.3 is 9.72 Å². The van der Waals surface area contributed by atoms with E-state index in [9.17, 15) is 4.79 Å². The Labute approximate surface area is 123 Å². The third kappa shape index (κ3) is 3.89. The molecule has 0 fully saturated rings. The minimum atomic E-state index is -0.140. The Hall–Kier alpha value is -1.73. The van der Waals surface area contributed by atoms with Gasteiger partial charge in [-0.2, -0.15) is 5.10 Å². The number of methoxy groups -OCH3 is 1. The molecule has 0 spiro atoms. The van der Waals surface area contributed by atoms with Gasteiger partial charge in [-0.3, -0.25) is 14.4 Å². The lowest BCUT2D eigenvalue weighted by Gasteiger charge is -2.23. The van der Waals surface area contributed by atoms with Crippen LogP contribution in [0.2, 0.25) is 0 Å². The number of nitrogens with one attached hydrogen (secondary N) is 1. The molecule has 0 saturated carbocycles. The SMILES string of the molecule is COCCN(Cc1nc2c(cnn2C)c(=O)[nH]1)CC(C)C. The number of aryl methyl sites for hydroxylation is 1. The van der Waals surface area contributed by atoms with Crippen LogP contribution < -0.4 is 5.56 Å². The molecule has 7 heteroatoms. The van der Waals surface area contributed by atoms with Crippen LogP contribution in [0, 0.1) is 5.92 Å². The Balaban J connectivity index is 2.23. The molecule has 0 aliphatic rings. The van der Waals surface area contributed by atoms with Gasteiger partial charge in [-0.1, -0.05) is 13.8 Å². The number of nitrogens with zero attached hydrogens (tertiary/aromatic N) is 4. The smallest absolute Gasteiger partial charge is 0.262 e. The highest BCUT2D eigenvalue weighted by Crippen LogP contribution is 2.07. The highest BCUT2D eigenvalue weighted by Gasteiger charge is 2.12. The quantitative estimate of drug-likeness (QED) is 0.815. The van der Waals surface area contributed by atoms with E-state index in [1.807, 2.05) is 0 Å². The van der Waals surface area contributed by atoms with Gasteiger partial charge in [0, 0.05) is 27.2 Å². The predicted molar refractivity (Wildman–Crippen MR) is 81.1 cm³/mol. The molecule has 0 unspecified atom stereocenters. The first-order valence-corrected chi connectivity index (χ1v) is 7.13. The molecule has 0 atom stereocenters. The van der Waals surface area contributed by atoms with Crippen LogP contribution in [0.3, 0.4) is 0 Å². The van der Waals surface area contributed by atoms with Gasteiger partial charge in [-0.25, -0.2) is 4.98 Å². The average Bonchev–Trinajstić information content (AvgIpc) is 2.78. The number of hydrogen-bond acceptors (Lipinski definition) is 5. The fraction of sp³-hybridized carbons (Fsp3) is 0.643. The minimum Gasteiger partial charge on any atom is -0.383 e. The molecule has 0 aliphatic heterocycles. The van der Waals surface area contributed by atoms with Crippen LogP contribution in [-0.2, 0) is 18.3 Å². The molecule has 0 aliphatic carbocycles. The van der Waals surface area contributed by atoms with Crippen molar-refractivity contribution < 1.29 is 4.74 Å². The number of aromatic nitrogens is 4. The minimum absolute atomic E-state index is 0.140. The summed E-state index contributed by atoms with van der Waals surface area (Å²) in [6, 6.07) is 0. The Kier molecular flexibility index (Phi) is 5.08. The van der Waals surface area contributed by atoms with Gasteiger partial charge in [0.2, 0.25) is 0 Å². The molecule has 2 heterocycles. The van der Waals surface area contributed by atoms with E-state index in [0.29, 0.717) is 35.9 Å². The Morgan fingerprint density at radius 3 is 2.90 bits per heavy atom. The van der Waals surface area contributed by atoms with Crippen LogP contribution in [0.25, 0.3) is 11.0 Å². The molecule has 0 bridgehead atoms. The second kappa shape index (κ2) is 6.82. The summed E-state index contributed by atoms with van der Waals surface area (Å²) < 4.78 is 6.77. The van der Waals surface area contributed by atoms with Crippen molar-refractivity contribution in [3.63, 3.8) is 0 Å². The maximum atomic E-state index is 12.0. The number of rotatable bonds is 7. The van der Waals surface area contributed by atoms with E-state index in [0.717, 1.165) is 13.1 Å². The van der Waals surface area contributed by atoms with Gasteiger partial charge in [0.05, 0.1) is 19.3 Å². The summed E-state index contributed by atoms with van der Waals surface area (Å²) >= 11 is 0. The van der Waals surface area contributed by atoms with Crippen LogP contribution in [0.1, 0.15) is 19.7 Å². The number of H-pyrrole nitrogens is 1. The third-order valence-corrected chi connectivity index (χ3v) is 3.26. The zero-order chi connectivity index (χ0) is 15.4. The number of ether oxygens (including phenoxy) is 1. The number of fused-ring (bicyclic) bond motifs is 1. The highest BCUT2D eigenvalue weighted by atomic mass is 16.5. The molecular weight excluding hydrogens is 270 g/mol. The van der Waals surface area contributed by atoms with E-state index >= 15 is 0 Å². The molecule has 0 saturated heterocycles. The van der Waals surface area contributed by atoms with Crippen molar-refractivity contribution in [3.8, 4) is 0 Å². The Morgan fingerprint density at radius 2 is 2.24 bits per heavy atom. The monoisotopic (exact) mass is 293 g/mol. The van der Waals surface area contributed by atoms with E-state index in [2.05, 4.69) is 33.8 Å². The summed E-state index contributed by atoms with van der Waals surface area (Å²) in [6.45, 7) is 7.32. The van der Waals surface area contributed by atoms with Crippen molar-refractivity contribution in [3.05, 3.63) is 22.4 Å². The van der Waals surface area contributed by atoms with Gasteiger partial charge in [0.1, 0.15) is 11.2 Å². The van der Waals surface area contributed by atoms with Gasteiger partial charge >= 0.3 is 0 Å². The summed E-state index contributed by atoms with van der Waals surface area (Å²) in [5.74, 6) is 1.20. The molecule has 7 nitrogen and oxygen atoms in total. The van der Waals surface area contributed by atoms with Gasteiger partial charge in [-0.15, -0.1) is 0 Å². The zero-order valence-corrected chi connectivity index (χ0v) is 13.1. The van der Waals surface area contributed by atoms with E-state index in [1.165, 1.54) is 0 Å². The number of aromatic amines is 1. The molecule has 21 heavy (non-hydrogen) atoms. The summed E-state index contributed by atoms with van der Waals surface area (Å²) in [4.78, 5) is 21.6. The van der Waals surface area contributed by atoms with Crippen molar-refractivity contribution in [2.75, 3.05) is 26.8 Å². The van der Waals surface area contributed by atoms with Gasteiger partial charge in [-0.05, 0) is 5.92 Å². The first-order chi connectivity index (χ1) is 10.0. The summed E-state index contributed by atoms with van der Waals surface area (Å²) in [5.41, 5.74) is 0.476. The lowest BCUT2D eigenvalue weighted by atomic mass is 10.2. The predicted octanol–water partition coefficient (Wildman–Crippen LogP) is 0.761. The van der Waals surface area contributed by atoms with E-state index in [1.54, 1.807) is 25.0 Å². The molecular formula is C14H23N5O2. The second-order valence-electron chi connectivity index (χ2n) is 5.64. The molecule has 0 aromatic carbocycles. The zero-order valence-electron chi connectivity index (χ0n) is 13.1. The van der Waals surface area contributed by atoms with E-state index < -0.39 is 0 Å². The third-order valence-electron chi connectivity index (χ3n) is 3.26. The molecule has 0 amide bonds. The Morgan fingerprint density at radius 1 is 1.48 bits per heavy atom. The van der Waals surface area contributed by atoms with Crippen LogP contribution >= 0.6 is 0 Å². The summed E-state index contributed by atoms with van der Waals surface area (Å²) in [6.07, 6.45) is 1.54. The van der Waals surface area contributed by atoms with Crippen molar-refractivity contribution in [1.29, 1.82) is 0 Å². The number of hydrogen-bond donors (Lipinski definition) is 1. The van der Waals surface area contributed by atoms with Crippen LogP contribution in [0.5, 0.6) is 0 Å². The molecule has 1 N–H and O–H groups in total. The largest absolute Gasteiger partial charge is 0.383 e. The van der Waals surface area contributed by atoms with E-state index in [-0.39, 0.29) is 5.56 Å². The molecule has 116 valence electrons. The van der Waals surface area contributed by atoms with Crippen molar-refractivity contribution >= 4 is 11.0 Å². The first kappa shape index (κ1) is 15.7. The van der Waals surface area contributed by atoms with Crippen molar-refractivity contribution in [2.45, 2.75) is 20.4 Å². The molecule has 2 rings (SSSR count). The molecule has 2 aromatic heterocycles. The fourth-order valence-electron chi connectivity index (χ4n) is 2.34. The summed E-state index contributed by atoms with van der Waals surface area (Å²) in [7, 11) is 3.48. The lowest BCUT2D eigenvalue weighted by Crippen LogP contribution is -2.32. The molecule has 2 aromatic rings. The van der Waals surface area contributed by atoms with E-state index in [4.69, 9.17) is 4.74 Å².